The maximum absolute atomic E-state index is 12.7. The Balaban J connectivity index is 2.30. The number of alkyl halides is 3. The van der Waals surface area contributed by atoms with Crippen LogP contribution >= 0.6 is 0 Å². The number of rotatable bonds is 5. The lowest BCUT2D eigenvalue weighted by Gasteiger charge is -2.29. The van der Waals surface area contributed by atoms with Crippen LogP contribution in [0.3, 0.4) is 0 Å². The van der Waals surface area contributed by atoms with Crippen molar-refractivity contribution in [3.8, 4) is 0 Å². The molecule has 1 aliphatic rings. The van der Waals surface area contributed by atoms with Crippen molar-refractivity contribution in [1.82, 2.24) is 5.32 Å². The SMILES string of the molecule is CCC1(CCC(=O)OC)C=Nc2ccccc2CC(OC(=O)C(F)(F)F)CNCCC1. The van der Waals surface area contributed by atoms with Gasteiger partial charge >= 0.3 is 18.1 Å². The molecule has 2 rings (SSSR count). The van der Waals surface area contributed by atoms with Gasteiger partial charge in [-0.1, -0.05) is 25.1 Å². The summed E-state index contributed by atoms with van der Waals surface area (Å²) in [6.07, 6.45) is -0.941. The Morgan fingerprint density at radius 1 is 1.29 bits per heavy atom. The Bertz CT molecular complexity index is 782. The van der Waals surface area contributed by atoms with E-state index in [1.807, 2.05) is 13.1 Å². The molecule has 172 valence electrons. The van der Waals surface area contributed by atoms with E-state index in [0.29, 0.717) is 24.2 Å². The smallest absolute Gasteiger partial charge is 0.469 e. The van der Waals surface area contributed by atoms with Crippen LogP contribution in [-0.4, -0.2) is 50.6 Å². The van der Waals surface area contributed by atoms with E-state index in [9.17, 15) is 22.8 Å². The largest absolute Gasteiger partial charge is 0.490 e. The molecule has 0 saturated heterocycles. The molecule has 0 amide bonds. The lowest BCUT2D eigenvalue weighted by Crippen LogP contribution is -2.38. The number of methoxy groups -OCH3 is 1. The summed E-state index contributed by atoms with van der Waals surface area (Å²) in [6.45, 7) is 2.68. The summed E-state index contributed by atoms with van der Waals surface area (Å²) >= 11 is 0. The van der Waals surface area contributed by atoms with Gasteiger partial charge in [0.15, 0.2) is 0 Å². The van der Waals surface area contributed by atoms with Gasteiger partial charge in [-0.3, -0.25) is 9.79 Å². The number of fused-ring (bicyclic) bond motifs is 1. The number of nitrogens with zero attached hydrogens (tertiary/aromatic N) is 1. The highest BCUT2D eigenvalue weighted by atomic mass is 19.4. The van der Waals surface area contributed by atoms with Gasteiger partial charge in [0.05, 0.1) is 12.8 Å². The van der Waals surface area contributed by atoms with Gasteiger partial charge in [0.25, 0.3) is 0 Å². The minimum Gasteiger partial charge on any atom is -0.469 e. The van der Waals surface area contributed by atoms with Gasteiger partial charge in [0.2, 0.25) is 0 Å². The van der Waals surface area contributed by atoms with Gasteiger partial charge in [0, 0.05) is 31.0 Å². The number of hydrogen-bond acceptors (Lipinski definition) is 6. The average molecular weight is 442 g/mol. The summed E-state index contributed by atoms with van der Waals surface area (Å²) in [5, 5.41) is 3.10. The quantitative estimate of drug-likeness (QED) is 0.694. The zero-order chi connectivity index (χ0) is 22.9. The van der Waals surface area contributed by atoms with E-state index in [1.165, 1.54) is 7.11 Å². The molecule has 0 radical (unpaired) electrons. The van der Waals surface area contributed by atoms with Crippen molar-refractivity contribution in [2.45, 2.75) is 57.7 Å². The zero-order valence-corrected chi connectivity index (χ0v) is 17.8. The molecule has 0 aromatic heterocycles. The molecule has 0 fully saturated rings. The fourth-order valence-corrected chi connectivity index (χ4v) is 3.62. The number of halogens is 3. The van der Waals surface area contributed by atoms with Crippen molar-refractivity contribution in [2.75, 3.05) is 20.2 Å². The fraction of sp³-hybridized carbons (Fsp3) is 0.591. The molecule has 1 aliphatic heterocycles. The van der Waals surface area contributed by atoms with Gasteiger partial charge in [-0.05, 0) is 43.9 Å². The van der Waals surface area contributed by atoms with Crippen molar-refractivity contribution >= 4 is 23.8 Å². The second-order valence-electron chi connectivity index (χ2n) is 7.72. The van der Waals surface area contributed by atoms with Crippen molar-refractivity contribution in [3.63, 3.8) is 0 Å². The Morgan fingerprint density at radius 2 is 2.03 bits per heavy atom. The normalized spacial score (nSPS) is 22.5. The van der Waals surface area contributed by atoms with E-state index in [0.717, 1.165) is 19.3 Å². The third-order valence-electron chi connectivity index (χ3n) is 5.58. The molecule has 1 aromatic rings. The second kappa shape index (κ2) is 11.3. The number of aliphatic imine (C=N–C) groups is 1. The molecular formula is C22H29F3N2O4. The van der Waals surface area contributed by atoms with Gasteiger partial charge in [-0.2, -0.15) is 13.2 Å². The number of hydrogen-bond donors (Lipinski definition) is 1. The Morgan fingerprint density at radius 3 is 2.71 bits per heavy atom. The van der Waals surface area contributed by atoms with Gasteiger partial charge in [0.1, 0.15) is 6.10 Å². The van der Waals surface area contributed by atoms with E-state index in [-0.39, 0.29) is 30.8 Å². The molecule has 9 heteroatoms. The molecule has 31 heavy (non-hydrogen) atoms. The minimum atomic E-state index is -5.04. The van der Waals surface area contributed by atoms with Crippen LogP contribution in [0.4, 0.5) is 18.9 Å². The first-order valence-corrected chi connectivity index (χ1v) is 10.4. The number of carbonyl (C=O) groups excluding carboxylic acids is 2. The van der Waals surface area contributed by atoms with Crippen molar-refractivity contribution < 1.29 is 32.2 Å². The maximum Gasteiger partial charge on any atom is 0.490 e. The summed E-state index contributed by atoms with van der Waals surface area (Å²) in [6, 6.07) is 7.09. The summed E-state index contributed by atoms with van der Waals surface area (Å²) in [4.78, 5) is 27.7. The first kappa shape index (κ1) is 24.8. The molecule has 1 heterocycles. The second-order valence-corrected chi connectivity index (χ2v) is 7.72. The van der Waals surface area contributed by atoms with Crippen molar-refractivity contribution in [3.05, 3.63) is 29.8 Å². The van der Waals surface area contributed by atoms with E-state index in [2.05, 4.69) is 10.3 Å². The first-order valence-electron chi connectivity index (χ1n) is 10.4. The molecule has 2 unspecified atom stereocenters. The minimum absolute atomic E-state index is 0.0984. The topological polar surface area (TPSA) is 77.0 Å². The third-order valence-corrected chi connectivity index (χ3v) is 5.58. The fourth-order valence-electron chi connectivity index (χ4n) is 3.62. The average Bonchev–Trinajstić information content (AvgIpc) is 2.73. The summed E-state index contributed by atoms with van der Waals surface area (Å²) < 4.78 is 47.5. The number of ether oxygens (including phenoxy) is 2. The number of esters is 2. The number of carbonyl (C=O) groups is 2. The molecule has 2 atom stereocenters. The Labute approximate surface area is 180 Å². The van der Waals surface area contributed by atoms with Crippen LogP contribution < -0.4 is 5.32 Å². The van der Waals surface area contributed by atoms with Gasteiger partial charge in [-0.25, -0.2) is 4.79 Å². The zero-order valence-electron chi connectivity index (χ0n) is 17.8. The first-order chi connectivity index (χ1) is 14.7. The maximum atomic E-state index is 12.7. The van der Waals surface area contributed by atoms with Crippen molar-refractivity contribution in [2.24, 2.45) is 10.4 Å². The van der Waals surface area contributed by atoms with Crippen LogP contribution in [0, 0.1) is 5.41 Å². The summed E-state index contributed by atoms with van der Waals surface area (Å²) in [5.74, 6) is -2.47. The summed E-state index contributed by atoms with van der Waals surface area (Å²) in [7, 11) is 1.36. The van der Waals surface area contributed by atoms with Crippen LogP contribution in [-0.2, 0) is 25.5 Å². The highest BCUT2D eigenvalue weighted by Gasteiger charge is 2.42. The van der Waals surface area contributed by atoms with Crippen LogP contribution in [0.15, 0.2) is 29.3 Å². The molecule has 6 nitrogen and oxygen atoms in total. The number of para-hydroxylation sites is 1. The van der Waals surface area contributed by atoms with Gasteiger partial charge < -0.3 is 14.8 Å². The van der Waals surface area contributed by atoms with Crippen LogP contribution in [0.5, 0.6) is 0 Å². The van der Waals surface area contributed by atoms with Crippen LogP contribution in [0.25, 0.3) is 0 Å². The van der Waals surface area contributed by atoms with E-state index < -0.39 is 18.2 Å². The molecule has 1 aromatic carbocycles. The van der Waals surface area contributed by atoms with Crippen LogP contribution in [0.2, 0.25) is 0 Å². The number of nitrogens with one attached hydrogen (secondary N) is 1. The highest BCUT2D eigenvalue weighted by Crippen LogP contribution is 2.34. The lowest BCUT2D eigenvalue weighted by atomic mass is 9.77. The number of benzene rings is 1. The molecule has 0 bridgehead atoms. The predicted octanol–water partition coefficient (Wildman–Crippen LogP) is 4.14. The third kappa shape index (κ3) is 7.65. The Kier molecular flexibility index (Phi) is 9.03. The molecule has 0 saturated carbocycles. The Hall–Kier alpha value is -2.42. The van der Waals surface area contributed by atoms with Crippen molar-refractivity contribution in [1.29, 1.82) is 0 Å². The molecule has 0 aliphatic carbocycles. The lowest BCUT2D eigenvalue weighted by molar-refractivity contribution is -0.204. The standard InChI is InChI=1S/C22H29F3N2O4/c1-3-21(11-9-19(28)30-2)10-6-12-26-14-17(31-20(29)22(23,24)25)13-16-7-4-5-8-18(16)27-15-21/h4-5,7-8,15,17,26H,3,6,9-14H2,1-2H3. The summed E-state index contributed by atoms with van der Waals surface area (Å²) in [5.41, 5.74) is 0.982. The monoisotopic (exact) mass is 442 g/mol. The molecule has 0 spiro atoms. The predicted molar refractivity (Wildman–Crippen MR) is 110 cm³/mol. The van der Waals surface area contributed by atoms with E-state index in [4.69, 9.17) is 9.47 Å². The molecule has 1 N–H and O–H groups in total. The molecular weight excluding hydrogens is 413 g/mol. The van der Waals surface area contributed by atoms with Gasteiger partial charge in [-0.15, -0.1) is 0 Å². The van der Waals surface area contributed by atoms with E-state index in [1.54, 1.807) is 24.3 Å². The highest BCUT2D eigenvalue weighted by molar-refractivity contribution is 5.76. The van der Waals surface area contributed by atoms with E-state index >= 15 is 0 Å². The van der Waals surface area contributed by atoms with Crippen LogP contribution in [0.1, 0.15) is 44.6 Å².